The van der Waals surface area contributed by atoms with Crippen LogP contribution >= 0.6 is 11.8 Å². The molecule has 27 nitrogen and oxygen atoms in total. The monoisotopic (exact) mass is 1340 g/mol. The maximum Gasteiger partial charge on any atom is 0.250 e. The number of H-pyrrole nitrogens is 4. The number of hydrogen-bond donors (Lipinski definition) is 7. The molecule has 0 bridgehead atoms. The van der Waals surface area contributed by atoms with E-state index >= 15 is 0 Å². The van der Waals surface area contributed by atoms with Crippen LogP contribution in [-0.4, -0.2) is 149 Å². The number of methoxy groups -OCH3 is 3. The number of anilines is 6. The maximum atomic E-state index is 11.9. The van der Waals surface area contributed by atoms with E-state index in [9.17, 15) is 8.42 Å². The van der Waals surface area contributed by atoms with Crippen LogP contribution in [0.3, 0.4) is 0 Å². The van der Waals surface area contributed by atoms with Gasteiger partial charge in [0, 0.05) is 90.8 Å². The normalized spacial score (nSPS) is 13.4. The Morgan fingerprint density at radius 3 is 1.27 bits per heavy atom. The molecule has 494 valence electrons. The molecule has 97 heavy (non-hydrogen) atoms. The van der Waals surface area contributed by atoms with Crippen molar-refractivity contribution in [3.8, 4) is 17.2 Å². The molecule has 13 aromatic rings. The van der Waals surface area contributed by atoms with E-state index in [1.165, 1.54) is 22.3 Å². The minimum absolute atomic E-state index is 0.199. The lowest BCUT2D eigenvalue weighted by molar-refractivity contribution is 0.414. The predicted octanol–water partition coefficient (Wildman–Crippen LogP) is 9.44. The Balaban J connectivity index is 0.000000112. The van der Waals surface area contributed by atoms with Crippen LogP contribution in [0.4, 0.5) is 35.2 Å². The fourth-order valence-electron chi connectivity index (χ4n) is 12.0. The number of hydrogen-bond acceptors (Lipinski definition) is 24. The Morgan fingerprint density at radius 1 is 0.443 bits per heavy atom. The number of aromatic amines is 4. The molecule has 4 aliphatic heterocycles. The molecule has 0 saturated heterocycles. The summed E-state index contributed by atoms with van der Waals surface area (Å²) in [5.74, 6) is 7.10. The summed E-state index contributed by atoms with van der Waals surface area (Å²) >= 11 is 1.54. The summed E-state index contributed by atoms with van der Waals surface area (Å²) in [6, 6.07) is 44.5. The summed E-state index contributed by atoms with van der Waals surface area (Å²) in [7, 11) is 1.48. The average Bonchev–Trinajstić information content (AvgIpc) is 1.70. The number of aromatic nitrogens is 16. The van der Waals surface area contributed by atoms with Crippen molar-refractivity contribution in [3.63, 3.8) is 0 Å². The summed E-state index contributed by atoms with van der Waals surface area (Å²) in [6.45, 7) is 6.96. The van der Waals surface area contributed by atoms with Gasteiger partial charge in [-0.2, -0.15) is 45.3 Å². The van der Waals surface area contributed by atoms with E-state index < -0.39 is 9.84 Å². The van der Waals surface area contributed by atoms with Crippen LogP contribution in [0.2, 0.25) is 0 Å². The van der Waals surface area contributed by atoms with Gasteiger partial charge < -0.3 is 44.9 Å². The molecular formula is C68H70N22O5S2. The lowest BCUT2D eigenvalue weighted by Crippen LogP contribution is -2.30. The predicted molar refractivity (Wildman–Crippen MR) is 375 cm³/mol. The van der Waals surface area contributed by atoms with Gasteiger partial charge in [-0.1, -0.05) is 109 Å². The topological polar surface area (TPSA) is 325 Å². The number of rotatable bonds is 17. The van der Waals surface area contributed by atoms with Gasteiger partial charge >= 0.3 is 0 Å². The minimum Gasteiger partial charge on any atom is -0.497 e. The van der Waals surface area contributed by atoms with Crippen molar-refractivity contribution in [1.29, 1.82) is 0 Å². The number of ether oxygens (including phenoxy) is 3. The third-order valence-corrected chi connectivity index (χ3v) is 18.4. The largest absolute Gasteiger partial charge is 0.497 e. The number of sulfone groups is 1. The Morgan fingerprint density at radius 2 is 0.835 bits per heavy atom. The number of nitrogens with zero attached hydrogens (tertiary/aromatic N) is 15. The van der Waals surface area contributed by atoms with Gasteiger partial charge in [0.05, 0.1) is 65.7 Å². The van der Waals surface area contributed by atoms with E-state index in [2.05, 4.69) is 150 Å². The van der Waals surface area contributed by atoms with Crippen molar-refractivity contribution >= 4 is 101 Å². The number of nitrogens with one attached hydrogen (secondary N) is 7. The zero-order valence-electron chi connectivity index (χ0n) is 54.0. The van der Waals surface area contributed by atoms with Crippen molar-refractivity contribution < 1.29 is 22.6 Å². The third-order valence-electron chi connectivity index (χ3n) is 17.0. The first-order valence-corrected chi connectivity index (χ1v) is 34.7. The van der Waals surface area contributed by atoms with Gasteiger partial charge in [0.1, 0.15) is 40.5 Å². The molecule has 0 radical (unpaired) electrons. The van der Waals surface area contributed by atoms with E-state index in [1.807, 2.05) is 91.2 Å². The average molecular weight is 1340 g/mol. The summed E-state index contributed by atoms with van der Waals surface area (Å²) in [5, 5.41) is 43.7. The van der Waals surface area contributed by atoms with Crippen molar-refractivity contribution in [2.24, 2.45) is 0 Å². The SMILES string of the molecule is COc1ccc(CN2CCc3[nH]nc4nc(NCc5ccccc5)nc2c34)cc1.COc1ccc(CN2CCc3[nH]nc4nc(S(C)(=O)=O)nc2c34)cc1.COc1ccc(CN2CCc3[nH]nc4nc(SC)nc2c34)cc1.c1ccc(CNc2nc3c4c([nH]nc4n2)CCN3)cc1. The molecule has 5 aromatic carbocycles. The molecule has 0 aliphatic carbocycles. The van der Waals surface area contributed by atoms with Gasteiger partial charge in [0.2, 0.25) is 21.7 Å². The quantitative estimate of drug-likeness (QED) is 0.0329. The van der Waals surface area contributed by atoms with Gasteiger partial charge in [-0.05, 0) is 70.5 Å². The molecule has 4 aliphatic rings. The zero-order chi connectivity index (χ0) is 66.4. The highest BCUT2D eigenvalue weighted by molar-refractivity contribution is 7.98. The second kappa shape index (κ2) is 28.0. The summed E-state index contributed by atoms with van der Waals surface area (Å²) in [5.41, 5.74) is 12.8. The van der Waals surface area contributed by atoms with Gasteiger partial charge in [-0.3, -0.25) is 20.4 Å². The van der Waals surface area contributed by atoms with E-state index in [-0.39, 0.29) is 5.16 Å². The highest BCUT2D eigenvalue weighted by Crippen LogP contribution is 2.36. The fraction of sp³-hybridized carbons (Fsp3) is 0.265. The summed E-state index contributed by atoms with van der Waals surface area (Å²) in [4.78, 5) is 42.7. The smallest absolute Gasteiger partial charge is 0.250 e. The standard InChI is InChI=1S/C22H22N6O.C16H17N5O3S.C16H17N5OS.C14H14N6/c1-29-17-9-7-16(8-10-17)14-28-12-11-18-19-20(27-26-18)24-22(25-21(19)28)23-13-15-5-3-2-4-6-15;1-24-11-5-3-10(4-6-11)9-21-8-7-12-13-14(20-19-12)17-16(18-15(13)21)25(2,22)23;1-22-11-5-3-10(4-6-11)9-21-8-7-12-13-14(20-19-12)17-16(23-2)18-15(13)21;1-2-4-9(5-3-1)8-16-14-17-12-11-10(6-7-15-12)19-20-13(11)18-14/h2-10H,11-14H2,1H3,(H2,23,24,25,26,27);3-6H,7-9H2,1-2H3,(H,17,18,19,20);3-6H,7-9H2,1-2H3,(H,17,18,19,20);1-5H,6-8H2,(H3,15,16,17,18,19,20). The first kappa shape index (κ1) is 63.2. The molecular weight excluding hydrogens is 1270 g/mol. The van der Waals surface area contributed by atoms with Crippen molar-refractivity contribution in [3.05, 3.63) is 184 Å². The molecule has 12 heterocycles. The van der Waals surface area contributed by atoms with Gasteiger partial charge in [0.15, 0.2) is 27.7 Å². The van der Waals surface area contributed by atoms with E-state index in [1.54, 1.807) is 33.1 Å². The Labute approximate surface area is 562 Å². The number of benzene rings is 5. The molecule has 17 rings (SSSR count). The Kier molecular flexibility index (Phi) is 18.3. The molecule has 0 unspecified atom stereocenters. The fourth-order valence-corrected chi connectivity index (χ4v) is 12.9. The van der Waals surface area contributed by atoms with Gasteiger partial charge in [0.25, 0.3) is 5.16 Å². The minimum atomic E-state index is -3.52. The van der Waals surface area contributed by atoms with E-state index in [0.717, 1.165) is 167 Å². The van der Waals surface area contributed by atoms with Crippen LogP contribution in [0, 0.1) is 0 Å². The molecule has 8 aromatic heterocycles. The molecule has 0 spiro atoms. The Hall–Kier alpha value is -11.2. The second-order valence-corrected chi connectivity index (χ2v) is 26.1. The highest BCUT2D eigenvalue weighted by atomic mass is 32.2. The summed E-state index contributed by atoms with van der Waals surface area (Å²) < 4.78 is 39.5. The number of thioether (sulfide) groups is 1. The van der Waals surface area contributed by atoms with Crippen LogP contribution in [0.1, 0.15) is 50.6 Å². The van der Waals surface area contributed by atoms with Gasteiger partial charge in [-0.15, -0.1) is 0 Å². The third kappa shape index (κ3) is 14.0. The molecule has 7 N–H and O–H groups in total. The van der Waals surface area contributed by atoms with Crippen molar-refractivity contribution in [1.82, 2.24) is 80.7 Å². The van der Waals surface area contributed by atoms with E-state index in [4.69, 9.17) is 24.2 Å². The lowest BCUT2D eigenvalue weighted by Gasteiger charge is -2.28. The Bertz CT molecular complexity index is 5020. The van der Waals surface area contributed by atoms with Crippen molar-refractivity contribution in [2.75, 3.05) is 90.7 Å². The summed E-state index contributed by atoms with van der Waals surface area (Å²) in [6.07, 6.45) is 6.63. The molecule has 29 heteroatoms. The molecule has 0 saturated carbocycles. The van der Waals surface area contributed by atoms with Crippen LogP contribution < -0.4 is 44.9 Å². The molecule has 0 amide bonds. The van der Waals surface area contributed by atoms with Gasteiger partial charge in [-0.25, -0.2) is 23.4 Å². The molecule has 0 fully saturated rings. The highest BCUT2D eigenvalue weighted by Gasteiger charge is 2.29. The van der Waals surface area contributed by atoms with Crippen LogP contribution in [-0.2, 0) is 68.2 Å². The maximum absolute atomic E-state index is 11.9. The van der Waals surface area contributed by atoms with Crippen molar-refractivity contribution in [2.45, 2.75) is 68.7 Å². The lowest BCUT2D eigenvalue weighted by atomic mass is 10.1. The van der Waals surface area contributed by atoms with Crippen LogP contribution in [0.15, 0.2) is 144 Å². The van der Waals surface area contributed by atoms with Crippen LogP contribution in [0.5, 0.6) is 17.2 Å². The zero-order valence-corrected chi connectivity index (χ0v) is 55.6. The first-order valence-electron chi connectivity index (χ1n) is 31.6. The van der Waals surface area contributed by atoms with Crippen LogP contribution in [0.25, 0.3) is 44.1 Å². The second-order valence-electron chi connectivity index (χ2n) is 23.4. The van der Waals surface area contributed by atoms with E-state index in [0.29, 0.717) is 54.3 Å². The first-order chi connectivity index (χ1) is 47.4. The molecule has 0 atom stereocenters.